The summed E-state index contributed by atoms with van der Waals surface area (Å²) in [7, 11) is 1.49. The molecule has 8 nitrogen and oxygen atoms in total. The first-order chi connectivity index (χ1) is 15.0. The molecule has 1 aliphatic rings. The Labute approximate surface area is 183 Å². The predicted molar refractivity (Wildman–Crippen MR) is 117 cm³/mol. The third-order valence-corrected chi connectivity index (χ3v) is 5.24. The van der Waals surface area contributed by atoms with Gasteiger partial charge in [0, 0.05) is 24.0 Å². The zero-order valence-electron chi connectivity index (χ0n) is 16.7. The molecule has 0 spiro atoms. The number of fused-ring (bicyclic) bond motifs is 1. The van der Waals surface area contributed by atoms with E-state index in [-0.39, 0.29) is 18.1 Å². The molecule has 1 N–H and O–H groups in total. The van der Waals surface area contributed by atoms with Crippen LogP contribution < -0.4 is 20.5 Å². The van der Waals surface area contributed by atoms with E-state index in [1.807, 2.05) is 24.3 Å². The number of nitrogens with zero attached hydrogens (tertiary/aromatic N) is 3. The maximum absolute atomic E-state index is 13.0. The Morgan fingerprint density at radius 3 is 2.74 bits per heavy atom. The maximum Gasteiger partial charge on any atom is 0.278 e. The van der Waals surface area contributed by atoms with Crippen LogP contribution in [0.4, 0.5) is 11.4 Å². The van der Waals surface area contributed by atoms with Crippen LogP contribution in [-0.2, 0) is 17.8 Å². The van der Waals surface area contributed by atoms with Crippen molar-refractivity contribution >= 4 is 34.8 Å². The first-order valence-corrected chi connectivity index (χ1v) is 9.95. The van der Waals surface area contributed by atoms with Gasteiger partial charge >= 0.3 is 0 Å². The zero-order chi connectivity index (χ0) is 22.0. The first kappa shape index (κ1) is 20.6. The maximum atomic E-state index is 13.0. The Morgan fingerprint density at radius 2 is 1.97 bits per heavy atom. The number of hydrogen-bond donors (Lipinski definition) is 1. The van der Waals surface area contributed by atoms with Gasteiger partial charge in [0.05, 0.1) is 12.1 Å². The third-order valence-electron chi connectivity index (χ3n) is 4.95. The van der Waals surface area contributed by atoms with Crippen molar-refractivity contribution in [2.75, 3.05) is 23.9 Å². The van der Waals surface area contributed by atoms with Crippen LogP contribution in [0.15, 0.2) is 59.4 Å². The Balaban J connectivity index is 1.50. The van der Waals surface area contributed by atoms with Crippen LogP contribution in [-0.4, -0.2) is 35.2 Å². The number of nitrogens with one attached hydrogen (secondary N) is 1. The lowest BCUT2D eigenvalue weighted by Crippen LogP contribution is -2.34. The number of carbonyl (C=O) groups is 2. The highest BCUT2D eigenvalue weighted by molar-refractivity contribution is 6.32. The lowest BCUT2D eigenvalue weighted by atomic mass is 10.2. The normalized spacial score (nSPS) is 12.4. The number of aromatic nitrogens is 2. The molecular weight excluding hydrogens is 420 g/mol. The minimum absolute atomic E-state index is 0.0941. The number of anilines is 2. The van der Waals surface area contributed by atoms with Crippen molar-refractivity contribution in [1.82, 2.24) is 9.78 Å². The molecule has 0 unspecified atom stereocenters. The first-order valence-electron chi connectivity index (χ1n) is 9.57. The molecule has 4 rings (SSSR count). The Morgan fingerprint density at radius 1 is 1.16 bits per heavy atom. The van der Waals surface area contributed by atoms with Gasteiger partial charge in [0.1, 0.15) is 18.0 Å². The molecule has 1 aromatic heterocycles. The number of benzene rings is 2. The number of methoxy groups -OCH3 is 1. The van der Waals surface area contributed by atoms with Gasteiger partial charge in [-0.1, -0.05) is 29.8 Å². The van der Waals surface area contributed by atoms with Crippen molar-refractivity contribution in [3.63, 3.8) is 0 Å². The smallest absolute Gasteiger partial charge is 0.278 e. The van der Waals surface area contributed by atoms with Crippen LogP contribution in [0.5, 0.6) is 5.75 Å². The van der Waals surface area contributed by atoms with E-state index < -0.39 is 11.5 Å². The molecule has 1 aliphatic heterocycles. The van der Waals surface area contributed by atoms with Gasteiger partial charge in [0.2, 0.25) is 5.91 Å². The van der Waals surface area contributed by atoms with Crippen molar-refractivity contribution < 1.29 is 14.3 Å². The largest absolute Gasteiger partial charge is 0.495 e. The second-order valence-electron chi connectivity index (χ2n) is 6.95. The molecule has 31 heavy (non-hydrogen) atoms. The molecule has 0 saturated carbocycles. The van der Waals surface area contributed by atoms with E-state index in [9.17, 15) is 14.4 Å². The van der Waals surface area contributed by atoms with Crippen molar-refractivity contribution in [2.24, 2.45) is 0 Å². The minimum atomic E-state index is -0.485. The molecule has 158 valence electrons. The van der Waals surface area contributed by atoms with Crippen LogP contribution in [0.3, 0.4) is 0 Å². The number of rotatable bonds is 5. The van der Waals surface area contributed by atoms with E-state index in [4.69, 9.17) is 16.3 Å². The molecular formula is C22H19ClN4O4. The van der Waals surface area contributed by atoms with E-state index in [1.165, 1.54) is 19.2 Å². The second-order valence-corrected chi connectivity index (χ2v) is 7.35. The monoisotopic (exact) mass is 438 g/mol. The predicted octanol–water partition coefficient (Wildman–Crippen LogP) is 2.75. The van der Waals surface area contributed by atoms with Gasteiger partial charge in [0.15, 0.2) is 0 Å². The van der Waals surface area contributed by atoms with Crippen molar-refractivity contribution in [2.45, 2.75) is 13.0 Å². The molecule has 2 aromatic carbocycles. The molecule has 9 heteroatoms. The van der Waals surface area contributed by atoms with Crippen LogP contribution in [0, 0.1) is 0 Å². The average Bonchev–Trinajstić information content (AvgIpc) is 3.19. The second kappa shape index (κ2) is 8.61. The summed E-state index contributed by atoms with van der Waals surface area (Å²) in [5.41, 5.74) is 1.98. The van der Waals surface area contributed by atoms with Gasteiger partial charge in [-0.25, -0.2) is 4.68 Å². The molecule has 0 atom stereocenters. The quantitative estimate of drug-likeness (QED) is 0.661. The van der Waals surface area contributed by atoms with Crippen molar-refractivity contribution in [3.8, 4) is 5.75 Å². The summed E-state index contributed by atoms with van der Waals surface area (Å²) in [4.78, 5) is 39.2. The van der Waals surface area contributed by atoms with Crippen LogP contribution >= 0.6 is 11.6 Å². The summed E-state index contributed by atoms with van der Waals surface area (Å²) >= 11 is 6.07. The Hall–Kier alpha value is -3.65. The van der Waals surface area contributed by atoms with Crippen molar-refractivity contribution in [3.05, 3.63) is 81.2 Å². The van der Waals surface area contributed by atoms with E-state index in [1.54, 1.807) is 23.1 Å². The highest BCUT2D eigenvalue weighted by Crippen LogP contribution is 2.29. The lowest BCUT2D eigenvalue weighted by molar-refractivity contribution is -0.117. The molecule has 0 aliphatic carbocycles. The molecule has 0 radical (unpaired) electrons. The van der Waals surface area contributed by atoms with Gasteiger partial charge in [-0.3, -0.25) is 14.4 Å². The minimum Gasteiger partial charge on any atom is -0.495 e. The number of halogens is 1. The standard InChI is InChI=1S/C22H19ClN4O4/c1-31-19-8-6-15(12-16(19)23)24-20(28)13-27-21(29)9-7-17(25-27)22(30)26-11-10-14-4-2-3-5-18(14)26/h2-9,12H,10-11,13H2,1H3,(H,24,28). The fraction of sp³-hybridized carbons (Fsp3) is 0.182. The van der Waals surface area contributed by atoms with Gasteiger partial charge in [-0.2, -0.15) is 5.10 Å². The number of ether oxygens (including phenoxy) is 1. The molecule has 2 heterocycles. The van der Waals surface area contributed by atoms with Crippen LogP contribution in [0.1, 0.15) is 16.1 Å². The van der Waals surface area contributed by atoms with Crippen molar-refractivity contribution in [1.29, 1.82) is 0 Å². The topological polar surface area (TPSA) is 93.5 Å². The number of carbonyl (C=O) groups excluding carboxylic acids is 2. The summed E-state index contributed by atoms with van der Waals surface area (Å²) in [6.45, 7) is 0.192. The summed E-state index contributed by atoms with van der Waals surface area (Å²) in [5.74, 6) is -0.319. The average molecular weight is 439 g/mol. The van der Waals surface area contributed by atoms with Gasteiger partial charge in [-0.15, -0.1) is 0 Å². The highest BCUT2D eigenvalue weighted by atomic mass is 35.5. The number of hydrogen-bond acceptors (Lipinski definition) is 5. The molecule has 3 aromatic rings. The summed E-state index contributed by atoms with van der Waals surface area (Å²) < 4.78 is 6.05. The molecule has 0 bridgehead atoms. The number of amides is 2. The van der Waals surface area contributed by atoms with Gasteiger partial charge in [0.25, 0.3) is 11.5 Å². The SMILES string of the molecule is COc1ccc(NC(=O)Cn2nc(C(=O)N3CCc4ccccc43)ccc2=O)cc1Cl. The highest BCUT2D eigenvalue weighted by Gasteiger charge is 2.26. The summed E-state index contributed by atoms with van der Waals surface area (Å²) in [6, 6.07) is 15.1. The summed E-state index contributed by atoms with van der Waals surface area (Å²) in [5, 5.41) is 7.12. The summed E-state index contributed by atoms with van der Waals surface area (Å²) in [6.07, 6.45) is 0.758. The zero-order valence-corrected chi connectivity index (χ0v) is 17.4. The van der Waals surface area contributed by atoms with E-state index in [2.05, 4.69) is 10.4 Å². The molecule has 2 amide bonds. The van der Waals surface area contributed by atoms with E-state index in [0.29, 0.717) is 23.0 Å². The fourth-order valence-electron chi connectivity index (χ4n) is 3.44. The fourth-order valence-corrected chi connectivity index (χ4v) is 3.70. The van der Waals surface area contributed by atoms with Gasteiger partial charge < -0.3 is 15.0 Å². The van der Waals surface area contributed by atoms with Gasteiger partial charge in [-0.05, 0) is 42.3 Å². The Bertz CT molecular complexity index is 1220. The molecule has 0 fully saturated rings. The van der Waals surface area contributed by atoms with E-state index >= 15 is 0 Å². The molecule has 0 saturated heterocycles. The third kappa shape index (κ3) is 4.29. The number of para-hydroxylation sites is 1. The lowest BCUT2D eigenvalue weighted by Gasteiger charge is -2.17. The van der Waals surface area contributed by atoms with E-state index in [0.717, 1.165) is 22.4 Å². The van der Waals surface area contributed by atoms with Crippen LogP contribution in [0.2, 0.25) is 5.02 Å². The van der Waals surface area contributed by atoms with Crippen LogP contribution in [0.25, 0.3) is 0 Å². The Kier molecular flexibility index (Phi) is 5.73.